The molecule has 0 amide bonds. The molecule has 0 unspecified atom stereocenters. The molecule has 3 aromatic heterocycles. The summed E-state index contributed by atoms with van der Waals surface area (Å²) in [5.41, 5.74) is 11.9. The summed E-state index contributed by atoms with van der Waals surface area (Å²) >= 11 is 0. The second kappa shape index (κ2) is 13.4. The van der Waals surface area contributed by atoms with Gasteiger partial charge in [0, 0.05) is 39.0 Å². The summed E-state index contributed by atoms with van der Waals surface area (Å²) in [5, 5.41) is 6.04. The van der Waals surface area contributed by atoms with Gasteiger partial charge in [-0.25, -0.2) is 15.0 Å². The Balaban J connectivity index is 1.05. The SMILES string of the molecule is c1ccc(-c2cccc(-c3nc(-c4cccc(-c5ccc(-c6nc7ccccc7c7c6ccc6ccccc67)cc5)c4)cc(-c4ccccn4)n3)c2)cc1. The molecule has 4 heteroatoms. The molecule has 0 aliphatic rings. The van der Waals surface area contributed by atoms with E-state index in [0.717, 1.165) is 72.6 Å². The van der Waals surface area contributed by atoms with E-state index >= 15 is 0 Å². The largest absolute Gasteiger partial charge is 0.255 e. The molecular weight excluding hydrogens is 657 g/mol. The quantitative estimate of drug-likeness (QED) is 0.163. The minimum atomic E-state index is 0.656. The van der Waals surface area contributed by atoms with Gasteiger partial charge in [0.15, 0.2) is 5.82 Å². The van der Waals surface area contributed by atoms with Crippen molar-refractivity contribution in [3.63, 3.8) is 0 Å². The molecule has 0 spiro atoms. The molecule has 10 rings (SSSR count). The normalized spacial score (nSPS) is 11.3. The van der Waals surface area contributed by atoms with Crippen LogP contribution in [0, 0.1) is 0 Å². The van der Waals surface area contributed by atoms with Crippen molar-refractivity contribution >= 4 is 32.4 Å². The molecule has 0 aliphatic carbocycles. The van der Waals surface area contributed by atoms with E-state index in [1.54, 1.807) is 6.20 Å². The van der Waals surface area contributed by atoms with Crippen molar-refractivity contribution in [2.24, 2.45) is 0 Å². The van der Waals surface area contributed by atoms with E-state index in [-0.39, 0.29) is 0 Å². The Hall–Kier alpha value is -7.30. The van der Waals surface area contributed by atoms with Crippen LogP contribution in [0.3, 0.4) is 0 Å². The number of benzene rings is 7. The van der Waals surface area contributed by atoms with E-state index in [1.165, 1.54) is 21.5 Å². The van der Waals surface area contributed by atoms with Crippen LogP contribution in [-0.4, -0.2) is 19.9 Å². The topological polar surface area (TPSA) is 51.6 Å². The molecule has 10 aromatic rings. The van der Waals surface area contributed by atoms with Crippen molar-refractivity contribution in [3.05, 3.63) is 194 Å². The maximum absolute atomic E-state index is 5.21. The van der Waals surface area contributed by atoms with E-state index in [9.17, 15) is 0 Å². The lowest BCUT2D eigenvalue weighted by Gasteiger charge is -2.13. The smallest absolute Gasteiger partial charge is 0.160 e. The minimum Gasteiger partial charge on any atom is -0.255 e. The first kappa shape index (κ1) is 31.4. The lowest BCUT2D eigenvalue weighted by Crippen LogP contribution is -1.97. The van der Waals surface area contributed by atoms with Crippen molar-refractivity contribution < 1.29 is 0 Å². The number of hydrogen-bond acceptors (Lipinski definition) is 4. The van der Waals surface area contributed by atoms with Gasteiger partial charge in [0.05, 0.1) is 28.3 Å². The van der Waals surface area contributed by atoms with Crippen LogP contribution in [0.5, 0.6) is 0 Å². The molecule has 3 heterocycles. The van der Waals surface area contributed by atoms with Gasteiger partial charge in [-0.05, 0) is 69.4 Å². The van der Waals surface area contributed by atoms with Gasteiger partial charge in [0.2, 0.25) is 0 Å². The Morgan fingerprint density at radius 2 is 0.944 bits per heavy atom. The van der Waals surface area contributed by atoms with E-state index in [1.807, 2.05) is 30.3 Å². The summed E-state index contributed by atoms with van der Waals surface area (Å²) in [6, 6.07) is 65.6. The molecule has 54 heavy (non-hydrogen) atoms. The fourth-order valence-electron chi connectivity index (χ4n) is 7.46. The van der Waals surface area contributed by atoms with Gasteiger partial charge < -0.3 is 0 Å². The summed E-state index contributed by atoms with van der Waals surface area (Å²) in [6.07, 6.45) is 1.80. The van der Waals surface area contributed by atoms with Crippen LogP contribution >= 0.6 is 0 Å². The standard InChI is InChI=1S/C50H32N4/c1-2-12-33(13-3-1)38-16-11-18-40(31-38)50-53-46(32-47(54-50)45-22-8-9-29-51-45)39-17-10-15-37(30-39)34-23-25-36(26-24-34)49-43-28-27-35-14-4-5-19-41(35)48(43)42-20-6-7-21-44(42)52-49/h1-32H. The summed E-state index contributed by atoms with van der Waals surface area (Å²) < 4.78 is 0. The molecule has 0 saturated carbocycles. The number of rotatable bonds is 6. The molecule has 0 fully saturated rings. The third-order valence-corrected chi connectivity index (χ3v) is 10.1. The van der Waals surface area contributed by atoms with Gasteiger partial charge >= 0.3 is 0 Å². The van der Waals surface area contributed by atoms with E-state index in [2.05, 4.69) is 163 Å². The van der Waals surface area contributed by atoms with E-state index < -0.39 is 0 Å². The van der Waals surface area contributed by atoms with Gasteiger partial charge in [0.25, 0.3) is 0 Å². The lowest BCUT2D eigenvalue weighted by molar-refractivity contribution is 1.16. The predicted octanol–water partition coefficient (Wildman–Crippen LogP) is 12.7. The van der Waals surface area contributed by atoms with E-state index in [0.29, 0.717) is 5.82 Å². The fraction of sp³-hybridized carbons (Fsp3) is 0. The molecule has 0 N–H and O–H groups in total. The lowest BCUT2D eigenvalue weighted by atomic mass is 9.94. The highest BCUT2D eigenvalue weighted by Crippen LogP contribution is 2.38. The van der Waals surface area contributed by atoms with Gasteiger partial charge in [-0.15, -0.1) is 0 Å². The fourth-order valence-corrected chi connectivity index (χ4v) is 7.46. The maximum atomic E-state index is 5.21. The second-order valence-corrected chi connectivity index (χ2v) is 13.5. The molecule has 0 radical (unpaired) electrons. The van der Waals surface area contributed by atoms with Crippen LogP contribution < -0.4 is 0 Å². The highest BCUT2D eigenvalue weighted by Gasteiger charge is 2.15. The van der Waals surface area contributed by atoms with Crippen molar-refractivity contribution in [3.8, 4) is 67.5 Å². The van der Waals surface area contributed by atoms with Gasteiger partial charge in [-0.3, -0.25) is 4.98 Å². The molecule has 0 bridgehead atoms. The number of nitrogens with zero attached hydrogens (tertiary/aromatic N) is 4. The Kier molecular flexibility index (Phi) is 7.77. The Bertz CT molecular complexity index is 2960. The van der Waals surface area contributed by atoms with Gasteiger partial charge in [-0.1, -0.05) is 152 Å². The monoisotopic (exact) mass is 688 g/mol. The third-order valence-electron chi connectivity index (χ3n) is 10.1. The number of hydrogen-bond donors (Lipinski definition) is 0. The Morgan fingerprint density at radius 3 is 1.76 bits per heavy atom. The third kappa shape index (κ3) is 5.76. The first-order valence-electron chi connectivity index (χ1n) is 18.1. The second-order valence-electron chi connectivity index (χ2n) is 13.5. The minimum absolute atomic E-state index is 0.656. The van der Waals surface area contributed by atoms with Crippen LogP contribution in [0.2, 0.25) is 0 Å². The summed E-state index contributed by atoms with van der Waals surface area (Å²) in [6.45, 7) is 0. The highest BCUT2D eigenvalue weighted by atomic mass is 14.9. The molecule has 252 valence electrons. The van der Waals surface area contributed by atoms with Crippen LogP contribution in [0.4, 0.5) is 0 Å². The molecule has 0 atom stereocenters. The first-order chi connectivity index (χ1) is 26.7. The first-order valence-corrected chi connectivity index (χ1v) is 18.1. The van der Waals surface area contributed by atoms with Crippen molar-refractivity contribution in [2.75, 3.05) is 0 Å². The summed E-state index contributed by atoms with van der Waals surface area (Å²) in [4.78, 5) is 20.0. The Labute approximate surface area is 313 Å². The average Bonchev–Trinajstić information content (AvgIpc) is 3.26. The van der Waals surface area contributed by atoms with Gasteiger partial charge in [-0.2, -0.15) is 0 Å². The number of fused-ring (bicyclic) bond motifs is 5. The van der Waals surface area contributed by atoms with Crippen LogP contribution in [0.25, 0.3) is 100.0 Å². The van der Waals surface area contributed by atoms with Crippen LogP contribution in [0.15, 0.2) is 194 Å². The number of aromatic nitrogens is 4. The number of pyridine rings is 2. The zero-order chi connectivity index (χ0) is 35.8. The molecule has 0 aliphatic heterocycles. The Morgan fingerprint density at radius 1 is 0.315 bits per heavy atom. The molecule has 0 saturated heterocycles. The highest BCUT2D eigenvalue weighted by molar-refractivity contribution is 6.22. The summed E-state index contributed by atoms with van der Waals surface area (Å²) in [7, 11) is 0. The zero-order valence-corrected chi connectivity index (χ0v) is 29.3. The maximum Gasteiger partial charge on any atom is 0.160 e. The van der Waals surface area contributed by atoms with Crippen molar-refractivity contribution in [1.82, 2.24) is 19.9 Å². The van der Waals surface area contributed by atoms with Crippen molar-refractivity contribution in [2.45, 2.75) is 0 Å². The van der Waals surface area contributed by atoms with E-state index in [4.69, 9.17) is 15.0 Å². The zero-order valence-electron chi connectivity index (χ0n) is 29.3. The van der Waals surface area contributed by atoms with Crippen LogP contribution in [0.1, 0.15) is 0 Å². The van der Waals surface area contributed by atoms with Crippen LogP contribution in [-0.2, 0) is 0 Å². The number of para-hydroxylation sites is 1. The molecule has 4 nitrogen and oxygen atoms in total. The average molecular weight is 689 g/mol. The van der Waals surface area contributed by atoms with Crippen molar-refractivity contribution in [1.29, 1.82) is 0 Å². The predicted molar refractivity (Wildman–Crippen MR) is 223 cm³/mol. The van der Waals surface area contributed by atoms with Gasteiger partial charge in [0.1, 0.15) is 0 Å². The summed E-state index contributed by atoms with van der Waals surface area (Å²) in [5.74, 6) is 0.656. The molecular formula is C50H32N4. The molecule has 7 aromatic carbocycles.